The number of allylic oxidation sites excluding steroid dienone is 1. The van der Waals surface area contributed by atoms with Crippen molar-refractivity contribution in [3.63, 3.8) is 0 Å². The molecule has 0 radical (unpaired) electrons. The number of aromatic amines is 1. The van der Waals surface area contributed by atoms with Gasteiger partial charge < -0.3 is 26.2 Å². The number of halogens is 2. The molecule has 1 fully saturated rings. The fourth-order valence-corrected chi connectivity index (χ4v) is 5.34. The number of nitrogens with one attached hydrogen (secondary N) is 3. The molecule has 42 heavy (non-hydrogen) atoms. The molecule has 5 N–H and O–H groups in total. The van der Waals surface area contributed by atoms with Gasteiger partial charge in [-0.05, 0) is 80.0 Å². The van der Waals surface area contributed by atoms with Crippen LogP contribution in [-0.2, 0) is 10.2 Å². The summed E-state index contributed by atoms with van der Waals surface area (Å²) >= 11 is 0. The van der Waals surface area contributed by atoms with Crippen LogP contribution >= 0.6 is 0 Å². The number of hydrogen-bond donors (Lipinski definition) is 4. The number of aromatic nitrogens is 3. The van der Waals surface area contributed by atoms with E-state index in [1.54, 1.807) is 26.2 Å². The highest BCUT2D eigenvalue weighted by atomic mass is 19.1. The number of anilines is 2. The molecule has 0 spiro atoms. The molecule has 1 aliphatic carbocycles. The van der Waals surface area contributed by atoms with Crippen LogP contribution in [-0.4, -0.2) is 39.4 Å². The van der Waals surface area contributed by atoms with Crippen molar-refractivity contribution in [2.45, 2.75) is 63.5 Å². The minimum Gasteiger partial charge on any atom is -0.375 e. The summed E-state index contributed by atoms with van der Waals surface area (Å²) in [6.45, 7) is 5.62. The number of ether oxygens (including phenoxy) is 1. The van der Waals surface area contributed by atoms with Crippen LogP contribution in [0.1, 0.15) is 68.3 Å². The molecule has 0 aliphatic heterocycles. The van der Waals surface area contributed by atoms with Crippen LogP contribution in [0.2, 0.25) is 0 Å². The van der Waals surface area contributed by atoms with Crippen LogP contribution in [0.15, 0.2) is 42.9 Å². The molecule has 1 saturated carbocycles. The summed E-state index contributed by atoms with van der Waals surface area (Å²) in [5.74, 6) is -1.01. The third-order valence-corrected chi connectivity index (χ3v) is 7.61. The topological polar surface area (TPSA) is 160 Å². The van der Waals surface area contributed by atoms with Crippen molar-refractivity contribution in [1.82, 2.24) is 15.0 Å². The normalized spacial score (nSPS) is 20.7. The Labute approximate surface area is 244 Å². The van der Waals surface area contributed by atoms with Crippen molar-refractivity contribution in [2.24, 2.45) is 11.7 Å². The van der Waals surface area contributed by atoms with Crippen molar-refractivity contribution in [3.8, 4) is 12.1 Å². The van der Waals surface area contributed by atoms with Gasteiger partial charge in [0.2, 0.25) is 5.95 Å². The summed E-state index contributed by atoms with van der Waals surface area (Å²) in [5.41, 5.74) is 7.13. The van der Waals surface area contributed by atoms with Gasteiger partial charge in [0.15, 0.2) is 0 Å². The van der Waals surface area contributed by atoms with Gasteiger partial charge in [-0.25, -0.2) is 13.8 Å². The van der Waals surface area contributed by atoms with Crippen molar-refractivity contribution >= 4 is 23.4 Å². The van der Waals surface area contributed by atoms with Gasteiger partial charge in [0.25, 0.3) is 0 Å². The Kier molecular flexibility index (Phi) is 9.46. The lowest BCUT2D eigenvalue weighted by Gasteiger charge is -2.39. The van der Waals surface area contributed by atoms with Gasteiger partial charge >= 0.3 is 0 Å². The van der Waals surface area contributed by atoms with E-state index in [-0.39, 0.29) is 35.3 Å². The first-order valence-electron chi connectivity index (χ1n) is 13.7. The second kappa shape index (κ2) is 13.0. The molecule has 4 atom stereocenters. The molecule has 218 valence electrons. The Hall–Kier alpha value is -4.45. The van der Waals surface area contributed by atoms with Crippen molar-refractivity contribution in [3.05, 3.63) is 76.9 Å². The Morgan fingerprint density at radius 2 is 2.00 bits per heavy atom. The fraction of sp³-hybridized carbons (Fsp3) is 0.387. The monoisotopic (exact) mass is 572 g/mol. The molecule has 0 amide bonds. The van der Waals surface area contributed by atoms with Crippen molar-refractivity contribution in [1.29, 1.82) is 15.9 Å². The second-order valence-corrected chi connectivity index (χ2v) is 11.1. The summed E-state index contributed by atoms with van der Waals surface area (Å²) in [5, 5.41) is 29.6. The smallest absolute Gasteiger partial charge is 0.205 e. The highest BCUT2D eigenvalue weighted by Gasteiger charge is 2.35. The quantitative estimate of drug-likeness (QED) is 0.175. The summed E-state index contributed by atoms with van der Waals surface area (Å²) < 4.78 is 35.4. The summed E-state index contributed by atoms with van der Waals surface area (Å²) in [7, 11) is 0. The Morgan fingerprint density at radius 1 is 1.26 bits per heavy atom. The minimum absolute atomic E-state index is 0.102. The van der Waals surface area contributed by atoms with Gasteiger partial charge in [-0.3, -0.25) is 4.98 Å². The molecular weight excluding hydrogens is 538 g/mol. The number of benzene rings is 1. The van der Waals surface area contributed by atoms with Gasteiger partial charge in [0.1, 0.15) is 11.6 Å². The molecule has 4 unspecified atom stereocenters. The number of nitriles is 2. The molecule has 1 aliphatic rings. The number of hydrogen-bond acceptors (Lipinski definition) is 8. The third-order valence-electron chi connectivity index (χ3n) is 7.61. The summed E-state index contributed by atoms with van der Waals surface area (Å²) in [6.07, 6.45) is 9.59. The number of H-pyrrole nitrogens is 1. The van der Waals surface area contributed by atoms with E-state index in [1.165, 1.54) is 18.3 Å². The molecule has 2 aromatic heterocycles. The SMILES string of the molecule is CC1CC(c2ccncc2Nc2ncc(/C=C\C(=N)c3c(F)cc(C(C)(C)C#N)cc3F)[nH]2)CC(N)C1OCCC#N. The maximum atomic E-state index is 14.7. The first kappa shape index (κ1) is 30.5. The molecule has 2 heterocycles. The minimum atomic E-state index is -1.07. The third kappa shape index (κ3) is 6.88. The summed E-state index contributed by atoms with van der Waals surface area (Å²) in [4.78, 5) is 11.7. The zero-order valence-corrected chi connectivity index (χ0v) is 23.8. The van der Waals surface area contributed by atoms with E-state index in [0.29, 0.717) is 24.7 Å². The zero-order chi connectivity index (χ0) is 30.4. The Balaban J connectivity index is 1.45. The number of pyridine rings is 1. The first-order chi connectivity index (χ1) is 20.0. The van der Waals surface area contributed by atoms with Crippen LogP contribution in [0.3, 0.4) is 0 Å². The van der Waals surface area contributed by atoms with Crippen LogP contribution in [0, 0.1) is 45.6 Å². The van der Waals surface area contributed by atoms with E-state index in [9.17, 15) is 14.0 Å². The van der Waals surface area contributed by atoms with Crippen molar-refractivity contribution in [2.75, 3.05) is 11.9 Å². The van der Waals surface area contributed by atoms with Gasteiger partial charge in [-0.2, -0.15) is 10.5 Å². The Bertz CT molecular complexity index is 1520. The average Bonchev–Trinajstić information content (AvgIpc) is 3.40. The Morgan fingerprint density at radius 3 is 2.67 bits per heavy atom. The van der Waals surface area contributed by atoms with Gasteiger partial charge in [0.05, 0.1) is 71.7 Å². The van der Waals surface area contributed by atoms with Crippen LogP contribution in [0.25, 0.3) is 6.08 Å². The number of nitrogens with zero attached hydrogens (tertiary/aromatic N) is 4. The van der Waals surface area contributed by atoms with E-state index in [0.717, 1.165) is 36.2 Å². The van der Waals surface area contributed by atoms with E-state index < -0.39 is 22.6 Å². The zero-order valence-electron chi connectivity index (χ0n) is 23.8. The highest BCUT2D eigenvalue weighted by Crippen LogP contribution is 2.40. The fourth-order valence-electron chi connectivity index (χ4n) is 5.34. The van der Waals surface area contributed by atoms with Crippen LogP contribution < -0.4 is 11.1 Å². The lowest BCUT2D eigenvalue weighted by molar-refractivity contribution is -0.0198. The van der Waals surface area contributed by atoms with E-state index in [1.807, 2.05) is 12.1 Å². The molecule has 11 heteroatoms. The second-order valence-electron chi connectivity index (χ2n) is 11.1. The standard InChI is InChI=1S/C31H34F2N8O/c1-18-11-19(12-26(37)29(18)42-10-4-8-34)22-7-9-38-16-27(22)41-30-39-15-21(40-30)5-6-25(36)28-23(32)13-20(14-24(28)33)31(2,3)17-35/h5-7,9,13-16,18-19,26,29,36H,4,10-12,37H2,1-3H3,(H2,39,40,41)/b6-5-,36-25?. The molecular formula is C31H34F2N8O. The molecule has 4 rings (SSSR count). The molecule has 3 aromatic rings. The molecule has 0 saturated heterocycles. The largest absolute Gasteiger partial charge is 0.375 e. The molecule has 1 aromatic carbocycles. The van der Waals surface area contributed by atoms with E-state index in [2.05, 4.69) is 33.3 Å². The van der Waals surface area contributed by atoms with Crippen LogP contribution in [0.4, 0.5) is 20.4 Å². The molecule has 0 bridgehead atoms. The van der Waals surface area contributed by atoms with Crippen molar-refractivity contribution < 1.29 is 13.5 Å². The summed E-state index contributed by atoms with van der Waals surface area (Å²) in [6, 6.07) is 8.09. The maximum absolute atomic E-state index is 14.7. The lowest BCUT2D eigenvalue weighted by atomic mass is 9.74. The number of imidazole rings is 1. The van der Waals surface area contributed by atoms with Crippen LogP contribution in [0.5, 0.6) is 0 Å². The number of rotatable bonds is 10. The average molecular weight is 573 g/mol. The van der Waals surface area contributed by atoms with E-state index >= 15 is 0 Å². The predicted molar refractivity (Wildman–Crippen MR) is 156 cm³/mol. The maximum Gasteiger partial charge on any atom is 0.205 e. The molecule has 9 nitrogen and oxygen atoms in total. The van der Waals surface area contributed by atoms with Gasteiger partial charge in [-0.1, -0.05) is 6.92 Å². The predicted octanol–water partition coefficient (Wildman–Crippen LogP) is 5.85. The number of nitrogens with two attached hydrogens (primary N) is 1. The van der Waals surface area contributed by atoms with E-state index in [4.69, 9.17) is 21.1 Å². The lowest BCUT2D eigenvalue weighted by Crippen LogP contribution is -2.46. The first-order valence-corrected chi connectivity index (χ1v) is 13.7. The highest BCUT2D eigenvalue weighted by molar-refractivity contribution is 6.09. The van der Waals surface area contributed by atoms with Gasteiger partial charge in [0, 0.05) is 12.2 Å². The van der Waals surface area contributed by atoms with Gasteiger partial charge in [-0.15, -0.1) is 0 Å².